The normalized spacial score (nSPS) is 10.6. The molecule has 3 nitrogen and oxygen atoms in total. The van der Waals surface area contributed by atoms with E-state index in [9.17, 15) is 8.78 Å². The molecule has 2 aromatic rings. The van der Waals surface area contributed by atoms with Gasteiger partial charge < -0.3 is 10.1 Å². The van der Waals surface area contributed by atoms with Crippen LogP contribution in [0.25, 0.3) is 0 Å². The molecule has 1 N–H and O–H groups in total. The fourth-order valence-corrected chi connectivity index (χ4v) is 1.73. The Bertz CT molecular complexity index is 602. The molecule has 0 bridgehead atoms. The van der Waals surface area contributed by atoms with Crippen molar-refractivity contribution in [2.75, 3.05) is 6.54 Å². The van der Waals surface area contributed by atoms with E-state index in [0.29, 0.717) is 12.3 Å². The summed E-state index contributed by atoms with van der Waals surface area (Å²) in [7, 11) is 0. The second-order valence-electron chi connectivity index (χ2n) is 4.39. The highest BCUT2D eigenvalue weighted by Crippen LogP contribution is 2.28. The van der Waals surface area contributed by atoms with Crippen LogP contribution in [0.1, 0.15) is 18.2 Å². The van der Waals surface area contributed by atoms with Gasteiger partial charge in [-0.2, -0.15) is 0 Å². The lowest BCUT2D eigenvalue weighted by Gasteiger charge is -2.12. The highest BCUT2D eigenvalue weighted by molar-refractivity contribution is 5.38. The maximum absolute atomic E-state index is 13.6. The second kappa shape index (κ2) is 6.43. The van der Waals surface area contributed by atoms with Crippen LogP contribution in [-0.2, 0) is 6.54 Å². The van der Waals surface area contributed by atoms with E-state index in [1.165, 1.54) is 6.07 Å². The minimum atomic E-state index is -0.728. The molecule has 0 fully saturated rings. The van der Waals surface area contributed by atoms with Crippen molar-refractivity contribution in [1.82, 2.24) is 10.3 Å². The lowest BCUT2D eigenvalue weighted by atomic mass is 10.2. The SMILES string of the molecule is CCNCc1cnc(C)cc1Oc1ccc(F)cc1F. The summed E-state index contributed by atoms with van der Waals surface area (Å²) < 4.78 is 32.1. The molecule has 1 aromatic heterocycles. The summed E-state index contributed by atoms with van der Waals surface area (Å²) in [5, 5.41) is 3.16. The van der Waals surface area contributed by atoms with Gasteiger partial charge in [-0.25, -0.2) is 8.78 Å². The number of nitrogens with one attached hydrogen (secondary N) is 1. The molecule has 0 radical (unpaired) electrons. The topological polar surface area (TPSA) is 34.2 Å². The minimum absolute atomic E-state index is 0.00486. The van der Waals surface area contributed by atoms with Gasteiger partial charge in [0.15, 0.2) is 11.6 Å². The van der Waals surface area contributed by atoms with Crippen molar-refractivity contribution in [3.8, 4) is 11.5 Å². The van der Waals surface area contributed by atoms with Gasteiger partial charge >= 0.3 is 0 Å². The molecule has 0 saturated carbocycles. The number of benzene rings is 1. The van der Waals surface area contributed by atoms with Crippen LogP contribution in [0.3, 0.4) is 0 Å². The predicted octanol–water partition coefficient (Wildman–Crippen LogP) is 3.57. The van der Waals surface area contributed by atoms with Gasteiger partial charge in [-0.1, -0.05) is 6.92 Å². The molecule has 0 spiro atoms. The van der Waals surface area contributed by atoms with Crippen LogP contribution in [0.2, 0.25) is 0 Å². The van der Waals surface area contributed by atoms with Crippen LogP contribution in [0.5, 0.6) is 11.5 Å². The van der Waals surface area contributed by atoms with E-state index in [0.717, 1.165) is 29.9 Å². The van der Waals surface area contributed by atoms with Crippen LogP contribution in [0.4, 0.5) is 8.78 Å². The first-order chi connectivity index (χ1) is 9.60. The van der Waals surface area contributed by atoms with Crippen molar-refractivity contribution in [3.63, 3.8) is 0 Å². The van der Waals surface area contributed by atoms with E-state index in [1.807, 2.05) is 13.8 Å². The number of pyridine rings is 1. The first-order valence-electron chi connectivity index (χ1n) is 6.39. The van der Waals surface area contributed by atoms with Gasteiger partial charge in [0, 0.05) is 36.1 Å². The summed E-state index contributed by atoms with van der Waals surface area (Å²) in [6, 6.07) is 4.97. The van der Waals surface area contributed by atoms with Crippen LogP contribution in [0, 0.1) is 18.6 Å². The van der Waals surface area contributed by atoms with E-state index in [2.05, 4.69) is 10.3 Å². The third kappa shape index (κ3) is 3.51. The van der Waals surface area contributed by atoms with Crippen LogP contribution < -0.4 is 10.1 Å². The van der Waals surface area contributed by atoms with Gasteiger partial charge in [-0.15, -0.1) is 0 Å². The predicted molar refractivity (Wildman–Crippen MR) is 72.8 cm³/mol. The van der Waals surface area contributed by atoms with Gasteiger partial charge in [-0.05, 0) is 25.6 Å². The Labute approximate surface area is 116 Å². The van der Waals surface area contributed by atoms with E-state index in [4.69, 9.17) is 4.74 Å². The van der Waals surface area contributed by atoms with Crippen molar-refractivity contribution in [2.24, 2.45) is 0 Å². The Kier molecular flexibility index (Phi) is 4.63. The van der Waals surface area contributed by atoms with Crippen molar-refractivity contribution in [1.29, 1.82) is 0 Å². The number of rotatable bonds is 5. The zero-order chi connectivity index (χ0) is 14.5. The van der Waals surface area contributed by atoms with Crippen molar-refractivity contribution in [2.45, 2.75) is 20.4 Å². The average Bonchev–Trinajstić information content (AvgIpc) is 2.41. The zero-order valence-corrected chi connectivity index (χ0v) is 11.4. The summed E-state index contributed by atoms with van der Waals surface area (Å²) in [5.74, 6) is -0.846. The summed E-state index contributed by atoms with van der Waals surface area (Å²) in [4.78, 5) is 4.20. The Hall–Kier alpha value is -2.01. The zero-order valence-electron chi connectivity index (χ0n) is 11.4. The molecule has 20 heavy (non-hydrogen) atoms. The van der Waals surface area contributed by atoms with Crippen LogP contribution >= 0.6 is 0 Å². The monoisotopic (exact) mass is 278 g/mol. The number of halogens is 2. The summed E-state index contributed by atoms with van der Waals surface area (Å²) in [6.07, 6.45) is 1.69. The Morgan fingerprint density at radius 2 is 2.00 bits per heavy atom. The summed E-state index contributed by atoms with van der Waals surface area (Å²) in [6.45, 7) is 5.19. The average molecular weight is 278 g/mol. The molecule has 0 saturated heterocycles. The van der Waals surface area contributed by atoms with Gasteiger partial charge in [-0.3, -0.25) is 4.98 Å². The molecule has 0 aliphatic rings. The highest BCUT2D eigenvalue weighted by Gasteiger charge is 2.10. The van der Waals surface area contributed by atoms with E-state index in [-0.39, 0.29) is 5.75 Å². The molecule has 0 unspecified atom stereocenters. The molecule has 0 atom stereocenters. The molecule has 106 valence electrons. The number of aryl methyl sites for hydroxylation is 1. The molecule has 5 heteroatoms. The fraction of sp³-hybridized carbons (Fsp3) is 0.267. The largest absolute Gasteiger partial charge is 0.454 e. The molecule has 1 aromatic carbocycles. The molecule has 0 aliphatic heterocycles. The molecule has 0 aliphatic carbocycles. The van der Waals surface area contributed by atoms with Gasteiger partial charge in [0.2, 0.25) is 0 Å². The summed E-state index contributed by atoms with van der Waals surface area (Å²) >= 11 is 0. The maximum atomic E-state index is 13.6. The Morgan fingerprint density at radius 1 is 1.20 bits per heavy atom. The Balaban J connectivity index is 2.29. The molecule has 2 rings (SSSR count). The maximum Gasteiger partial charge on any atom is 0.168 e. The molecule has 1 heterocycles. The number of ether oxygens (including phenoxy) is 1. The van der Waals surface area contributed by atoms with Crippen molar-refractivity contribution < 1.29 is 13.5 Å². The first kappa shape index (κ1) is 14.4. The molecule has 0 amide bonds. The van der Waals surface area contributed by atoms with Gasteiger partial charge in [0.1, 0.15) is 11.6 Å². The lowest BCUT2D eigenvalue weighted by Crippen LogP contribution is -2.13. The van der Waals surface area contributed by atoms with Crippen LogP contribution in [0.15, 0.2) is 30.5 Å². The smallest absolute Gasteiger partial charge is 0.168 e. The highest BCUT2D eigenvalue weighted by atomic mass is 19.1. The summed E-state index contributed by atoms with van der Waals surface area (Å²) in [5.41, 5.74) is 1.59. The molecular formula is C15H16F2N2O. The fourth-order valence-electron chi connectivity index (χ4n) is 1.73. The number of hydrogen-bond donors (Lipinski definition) is 1. The number of aromatic nitrogens is 1. The van der Waals surface area contributed by atoms with Crippen molar-refractivity contribution in [3.05, 3.63) is 53.4 Å². The molecular weight excluding hydrogens is 262 g/mol. The van der Waals surface area contributed by atoms with E-state index < -0.39 is 11.6 Å². The van der Waals surface area contributed by atoms with Crippen molar-refractivity contribution >= 4 is 0 Å². The quantitative estimate of drug-likeness (QED) is 0.908. The van der Waals surface area contributed by atoms with Crippen LogP contribution in [-0.4, -0.2) is 11.5 Å². The standard InChI is InChI=1S/C15H16F2N2O/c1-3-18-8-11-9-19-10(2)6-15(11)20-14-5-4-12(16)7-13(14)17/h4-7,9,18H,3,8H2,1-2H3. The minimum Gasteiger partial charge on any atom is -0.454 e. The Morgan fingerprint density at radius 3 is 2.70 bits per heavy atom. The van der Waals surface area contributed by atoms with Gasteiger partial charge in [0.05, 0.1) is 0 Å². The first-order valence-corrected chi connectivity index (χ1v) is 6.39. The third-order valence-corrected chi connectivity index (χ3v) is 2.76. The lowest BCUT2D eigenvalue weighted by molar-refractivity contribution is 0.431. The van der Waals surface area contributed by atoms with Gasteiger partial charge in [0.25, 0.3) is 0 Å². The van der Waals surface area contributed by atoms with E-state index >= 15 is 0 Å². The number of hydrogen-bond acceptors (Lipinski definition) is 3. The third-order valence-electron chi connectivity index (χ3n) is 2.76. The second-order valence-corrected chi connectivity index (χ2v) is 4.39. The van der Waals surface area contributed by atoms with E-state index in [1.54, 1.807) is 12.3 Å². The number of nitrogens with zero attached hydrogens (tertiary/aromatic N) is 1.